The van der Waals surface area contributed by atoms with Gasteiger partial charge in [-0.1, -0.05) is 13.3 Å². The normalized spacial score (nSPS) is 13.2. The third-order valence-corrected chi connectivity index (χ3v) is 1.27. The van der Waals surface area contributed by atoms with Gasteiger partial charge < -0.3 is 9.90 Å². The molecule has 48 valence electrons. The van der Waals surface area contributed by atoms with Crippen molar-refractivity contribution in [3.63, 3.8) is 0 Å². The molecule has 0 radical (unpaired) electrons. The molecule has 0 bridgehead atoms. The first-order valence-electron chi connectivity index (χ1n) is 2.89. The van der Waals surface area contributed by atoms with Crippen LogP contribution in [0.15, 0.2) is 0 Å². The van der Waals surface area contributed by atoms with Crippen LogP contribution in [0.25, 0.3) is 0 Å². The Morgan fingerprint density at radius 1 is 1.75 bits per heavy atom. The zero-order valence-electron chi connectivity index (χ0n) is 5.13. The summed E-state index contributed by atoms with van der Waals surface area (Å²) in [5.74, 6) is 0.187. The lowest BCUT2D eigenvalue weighted by Gasteiger charge is -2.03. The first-order valence-corrected chi connectivity index (χ1v) is 2.89. The minimum absolute atomic E-state index is 0.134. The molecule has 0 amide bonds. The van der Waals surface area contributed by atoms with Gasteiger partial charge in [0.15, 0.2) is 0 Å². The lowest BCUT2D eigenvalue weighted by atomic mass is 10.1. The van der Waals surface area contributed by atoms with Crippen LogP contribution in [0.5, 0.6) is 0 Å². The SMILES string of the molecule is CCC(CO)CC=O. The molecule has 0 aromatic heterocycles. The van der Waals surface area contributed by atoms with Crippen LogP contribution < -0.4 is 0 Å². The Labute approximate surface area is 49.5 Å². The maximum Gasteiger partial charge on any atom is 0.120 e. The molecule has 1 unspecified atom stereocenters. The first kappa shape index (κ1) is 7.63. The second-order valence-electron chi connectivity index (χ2n) is 1.86. The first-order chi connectivity index (χ1) is 3.85. The number of aliphatic hydroxyl groups is 1. The van der Waals surface area contributed by atoms with Gasteiger partial charge in [0, 0.05) is 13.0 Å². The maximum absolute atomic E-state index is 9.82. The number of hydrogen-bond donors (Lipinski definition) is 1. The van der Waals surface area contributed by atoms with Crippen LogP contribution in [0.3, 0.4) is 0 Å². The highest BCUT2D eigenvalue weighted by molar-refractivity contribution is 5.49. The van der Waals surface area contributed by atoms with Crippen molar-refractivity contribution in [3.8, 4) is 0 Å². The Balaban J connectivity index is 3.20. The molecule has 0 aromatic carbocycles. The van der Waals surface area contributed by atoms with E-state index in [4.69, 9.17) is 5.11 Å². The van der Waals surface area contributed by atoms with E-state index in [-0.39, 0.29) is 12.5 Å². The van der Waals surface area contributed by atoms with Crippen LogP contribution in [0.2, 0.25) is 0 Å². The van der Waals surface area contributed by atoms with E-state index < -0.39 is 0 Å². The van der Waals surface area contributed by atoms with Crippen molar-refractivity contribution in [1.82, 2.24) is 0 Å². The molecule has 2 nitrogen and oxygen atoms in total. The minimum atomic E-state index is 0.134. The molecule has 0 aliphatic heterocycles. The molecule has 0 aliphatic rings. The number of hydrogen-bond acceptors (Lipinski definition) is 2. The lowest BCUT2D eigenvalue weighted by Crippen LogP contribution is -2.04. The summed E-state index contributed by atoms with van der Waals surface area (Å²) in [4.78, 5) is 9.82. The van der Waals surface area contributed by atoms with Gasteiger partial charge in [0.05, 0.1) is 0 Å². The molecule has 2 heteroatoms. The highest BCUT2D eigenvalue weighted by Gasteiger charge is 2.00. The van der Waals surface area contributed by atoms with Crippen LogP contribution in [0, 0.1) is 5.92 Å². The van der Waals surface area contributed by atoms with E-state index in [1.807, 2.05) is 6.92 Å². The smallest absolute Gasteiger partial charge is 0.120 e. The second-order valence-corrected chi connectivity index (χ2v) is 1.86. The Bertz CT molecular complexity index is 57.5. The van der Waals surface area contributed by atoms with Gasteiger partial charge in [0.25, 0.3) is 0 Å². The quantitative estimate of drug-likeness (QED) is 0.546. The average molecular weight is 116 g/mol. The largest absolute Gasteiger partial charge is 0.396 e. The summed E-state index contributed by atoms with van der Waals surface area (Å²) in [5.41, 5.74) is 0. The molecule has 0 rings (SSSR count). The van der Waals surface area contributed by atoms with Gasteiger partial charge in [-0.3, -0.25) is 0 Å². The third-order valence-electron chi connectivity index (χ3n) is 1.27. The maximum atomic E-state index is 9.82. The number of carbonyl (C=O) groups is 1. The molecule has 1 atom stereocenters. The molecule has 1 N–H and O–H groups in total. The van der Waals surface area contributed by atoms with Gasteiger partial charge in [0.2, 0.25) is 0 Å². The summed E-state index contributed by atoms with van der Waals surface area (Å²) in [5, 5.41) is 8.50. The Morgan fingerprint density at radius 2 is 2.38 bits per heavy atom. The highest BCUT2D eigenvalue weighted by Crippen LogP contribution is 2.02. The molecule has 0 saturated carbocycles. The van der Waals surface area contributed by atoms with Gasteiger partial charge in [-0.2, -0.15) is 0 Å². The number of aliphatic hydroxyl groups excluding tert-OH is 1. The molecular formula is C6H12O2. The van der Waals surface area contributed by atoms with Crippen molar-refractivity contribution >= 4 is 6.29 Å². The molecular weight excluding hydrogens is 104 g/mol. The van der Waals surface area contributed by atoms with Crippen molar-refractivity contribution < 1.29 is 9.90 Å². The molecule has 0 aliphatic carbocycles. The fourth-order valence-corrected chi connectivity index (χ4v) is 0.506. The van der Waals surface area contributed by atoms with Crippen LogP contribution >= 0.6 is 0 Å². The van der Waals surface area contributed by atoms with Crippen molar-refractivity contribution in [2.45, 2.75) is 19.8 Å². The Kier molecular flexibility index (Phi) is 4.56. The molecule has 0 fully saturated rings. The molecule has 0 spiro atoms. The molecule has 0 heterocycles. The second kappa shape index (κ2) is 4.78. The Hall–Kier alpha value is -0.370. The van der Waals surface area contributed by atoms with Crippen molar-refractivity contribution in [2.75, 3.05) is 6.61 Å². The molecule has 8 heavy (non-hydrogen) atoms. The van der Waals surface area contributed by atoms with E-state index in [2.05, 4.69) is 0 Å². The summed E-state index contributed by atoms with van der Waals surface area (Å²) >= 11 is 0. The molecule has 0 saturated heterocycles. The zero-order valence-corrected chi connectivity index (χ0v) is 5.13. The predicted molar refractivity (Wildman–Crippen MR) is 31.5 cm³/mol. The van der Waals surface area contributed by atoms with Gasteiger partial charge in [0.1, 0.15) is 6.29 Å². The summed E-state index contributed by atoms with van der Waals surface area (Å²) in [6.07, 6.45) is 2.23. The summed E-state index contributed by atoms with van der Waals surface area (Å²) in [7, 11) is 0. The van der Waals surface area contributed by atoms with Crippen molar-refractivity contribution in [2.24, 2.45) is 5.92 Å². The van der Waals surface area contributed by atoms with E-state index in [9.17, 15) is 4.79 Å². The van der Waals surface area contributed by atoms with Crippen molar-refractivity contribution in [1.29, 1.82) is 0 Å². The monoisotopic (exact) mass is 116 g/mol. The summed E-state index contributed by atoms with van der Waals surface area (Å²) in [6, 6.07) is 0. The third kappa shape index (κ3) is 2.75. The fourth-order valence-electron chi connectivity index (χ4n) is 0.506. The van der Waals surface area contributed by atoms with E-state index in [1.54, 1.807) is 0 Å². The number of carbonyl (C=O) groups excluding carboxylic acids is 1. The van der Waals surface area contributed by atoms with Gasteiger partial charge in [-0.15, -0.1) is 0 Å². The predicted octanol–water partition coefficient (Wildman–Crippen LogP) is 0.594. The van der Waals surface area contributed by atoms with Crippen LogP contribution in [0.4, 0.5) is 0 Å². The van der Waals surface area contributed by atoms with Gasteiger partial charge in [-0.25, -0.2) is 0 Å². The molecule has 0 aromatic rings. The number of rotatable bonds is 4. The topological polar surface area (TPSA) is 37.3 Å². The van der Waals surface area contributed by atoms with Crippen LogP contribution in [-0.4, -0.2) is 18.0 Å². The van der Waals surface area contributed by atoms with Crippen LogP contribution in [0.1, 0.15) is 19.8 Å². The van der Waals surface area contributed by atoms with E-state index in [0.29, 0.717) is 6.42 Å². The van der Waals surface area contributed by atoms with Gasteiger partial charge in [-0.05, 0) is 5.92 Å². The van der Waals surface area contributed by atoms with Gasteiger partial charge >= 0.3 is 0 Å². The van der Waals surface area contributed by atoms with E-state index >= 15 is 0 Å². The lowest BCUT2D eigenvalue weighted by molar-refractivity contribution is -0.108. The summed E-state index contributed by atoms with van der Waals surface area (Å²) < 4.78 is 0. The zero-order chi connectivity index (χ0) is 6.41. The fraction of sp³-hybridized carbons (Fsp3) is 0.833. The number of aldehydes is 1. The average Bonchev–Trinajstić information content (AvgIpc) is 1.83. The van der Waals surface area contributed by atoms with E-state index in [0.717, 1.165) is 12.7 Å². The van der Waals surface area contributed by atoms with Crippen molar-refractivity contribution in [3.05, 3.63) is 0 Å². The van der Waals surface area contributed by atoms with Crippen LogP contribution in [-0.2, 0) is 4.79 Å². The van der Waals surface area contributed by atoms with E-state index in [1.165, 1.54) is 0 Å². The Morgan fingerprint density at radius 3 is 2.50 bits per heavy atom. The summed E-state index contributed by atoms with van der Waals surface area (Å²) in [6.45, 7) is 2.10. The standard InChI is InChI=1S/C6H12O2/c1-2-6(5-8)3-4-7/h4,6,8H,2-3,5H2,1H3. The minimum Gasteiger partial charge on any atom is -0.396 e. The highest BCUT2D eigenvalue weighted by atomic mass is 16.3.